The second-order valence-corrected chi connectivity index (χ2v) is 4.83. The molecule has 0 radical (unpaired) electrons. The predicted molar refractivity (Wildman–Crippen MR) is 68.6 cm³/mol. The molecule has 0 spiro atoms. The number of anilines is 1. The normalized spacial score (nSPS) is 14.6. The van der Waals surface area contributed by atoms with Gasteiger partial charge in [0.2, 0.25) is 0 Å². The largest absolute Gasteiger partial charge is 0.478 e. The van der Waals surface area contributed by atoms with Crippen LogP contribution in [0, 0.1) is 11.7 Å². The monoisotopic (exact) mass is 251 g/mol. The molecule has 2 rings (SSSR count). The van der Waals surface area contributed by atoms with Crippen molar-refractivity contribution in [3.63, 3.8) is 0 Å². The molecule has 4 heteroatoms. The first kappa shape index (κ1) is 12.9. The zero-order chi connectivity index (χ0) is 13.1. The van der Waals surface area contributed by atoms with Crippen molar-refractivity contribution in [3.05, 3.63) is 29.6 Å². The van der Waals surface area contributed by atoms with Gasteiger partial charge in [0.1, 0.15) is 5.82 Å². The molecule has 0 atom stereocenters. The Labute approximate surface area is 106 Å². The molecule has 1 saturated carbocycles. The van der Waals surface area contributed by atoms with Gasteiger partial charge < -0.3 is 10.0 Å². The molecule has 0 amide bonds. The second-order valence-electron chi connectivity index (χ2n) is 4.83. The van der Waals surface area contributed by atoms with Gasteiger partial charge in [-0.25, -0.2) is 9.18 Å². The van der Waals surface area contributed by atoms with Gasteiger partial charge >= 0.3 is 5.97 Å². The van der Waals surface area contributed by atoms with Gasteiger partial charge in [-0.1, -0.05) is 13.0 Å². The van der Waals surface area contributed by atoms with Crippen LogP contribution in [0.5, 0.6) is 0 Å². The lowest BCUT2D eigenvalue weighted by atomic mass is 10.1. The number of halogens is 1. The van der Waals surface area contributed by atoms with Crippen LogP contribution in [0.15, 0.2) is 18.2 Å². The molecule has 0 aromatic heterocycles. The smallest absolute Gasteiger partial charge is 0.337 e. The van der Waals surface area contributed by atoms with Crippen molar-refractivity contribution in [2.45, 2.75) is 26.2 Å². The first-order chi connectivity index (χ1) is 8.63. The molecule has 0 aliphatic heterocycles. The summed E-state index contributed by atoms with van der Waals surface area (Å²) in [4.78, 5) is 13.1. The molecule has 3 nitrogen and oxygen atoms in total. The Balaban J connectivity index is 2.34. The summed E-state index contributed by atoms with van der Waals surface area (Å²) in [5.41, 5.74) is 0.308. The average molecular weight is 251 g/mol. The lowest BCUT2D eigenvalue weighted by Gasteiger charge is -2.26. The summed E-state index contributed by atoms with van der Waals surface area (Å²) in [6.07, 6.45) is 3.20. The molecule has 1 aliphatic rings. The van der Waals surface area contributed by atoms with Gasteiger partial charge in [0.05, 0.1) is 11.3 Å². The van der Waals surface area contributed by atoms with Crippen molar-refractivity contribution < 1.29 is 14.3 Å². The zero-order valence-electron chi connectivity index (χ0n) is 10.5. The van der Waals surface area contributed by atoms with E-state index in [1.807, 2.05) is 11.8 Å². The van der Waals surface area contributed by atoms with Crippen LogP contribution in [-0.2, 0) is 0 Å². The molecule has 18 heavy (non-hydrogen) atoms. The SMILES string of the molecule is CCCN(CC1CC1)c1c(F)cccc1C(=O)O. The third-order valence-electron chi connectivity index (χ3n) is 3.20. The molecular weight excluding hydrogens is 233 g/mol. The third-order valence-corrected chi connectivity index (χ3v) is 3.20. The van der Waals surface area contributed by atoms with Crippen molar-refractivity contribution in [2.75, 3.05) is 18.0 Å². The maximum Gasteiger partial charge on any atom is 0.337 e. The first-order valence-corrected chi connectivity index (χ1v) is 6.40. The lowest BCUT2D eigenvalue weighted by Crippen LogP contribution is -2.29. The number of aromatic carboxylic acids is 1. The Kier molecular flexibility index (Phi) is 3.84. The molecule has 1 fully saturated rings. The highest BCUT2D eigenvalue weighted by molar-refractivity contribution is 5.94. The highest BCUT2D eigenvalue weighted by Gasteiger charge is 2.27. The summed E-state index contributed by atoms with van der Waals surface area (Å²) in [5, 5.41) is 9.16. The molecular formula is C14H18FNO2. The molecule has 1 aromatic rings. The minimum Gasteiger partial charge on any atom is -0.478 e. The Bertz CT molecular complexity index is 443. The summed E-state index contributed by atoms with van der Waals surface area (Å²) in [5.74, 6) is -0.914. The van der Waals surface area contributed by atoms with Gasteiger partial charge in [-0.05, 0) is 37.3 Å². The van der Waals surface area contributed by atoms with E-state index in [2.05, 4.69) is 0 Å². The standard InChI is InChI=1S/C14H18FNO2/c1-2-8-16(9-10-6-7-10)13-11(14(17)18)4-3-5-12(13)15/h3-5,10H,2,6-9H2,1H3,(H,17,18). The highest BCUT2D eigenvalue weighted by atomic mass is 19.1. The number of rotatable bonds is 6. The number of hydrogen-bond acceptors (Lipinski definition) is 2. The van der Waals surface area contributed by atoms with Gasteiger partial charge in [0.25, 0.3) is 0 Å². The quantitative estimate of drug-likeness (QED) is 0.844. The van der Waals surface area contributed by atoms with E-state index in [1.165, 1.54) is 18.2 Å². The van der Waals surface area contributed by atoms with Crippen LogP contribution in [-0.4, -0.2) is 24.2 Å². The van der Waals surface area contributed by atoms with Gasteiger partial charge in [0, 0.05) is 13.1 Å². The van der Waals surface area contributed by atoms with Gasteiger partial charge in [-0.3, -0.25) is 0 Å². The van der Waals surface area contributed by atoms with Crippen LogP contribution in [0.2, 0.25) is 0 Å². The van der Waals surface area contributed by atoms with Gasteiger partial charge in [-0.2, -0.15) is 0 Å². The van der Waals surface area contributed by atoms with Crippen molar-refractivity contribution in [1.82, 2.24) is 0 Å². The Morgan fingerprint density at radius 1 is 1.50 bits per heavy atom. The fourth-order valence-electron chi connectivity index (χ4n) is 2.19. The fraction of sp³-hybridized carbons (Fsp3) is 0.500. The van der Waals surface area contributed by atoms with Crippen LogP contribution in [0.25, 0.3) is 0 Å². The number of carboxylic acids is 1. The number of nitrogens with zero attached hydrogens (tertiary/aromatic N) is 1. The van der Waals surface area contributed by atoms with E-state index in [9.17, 15) is 9.18 Å². The first-order valence-electron chi connectivity index (χ1n) is 6.40. The van der Waals surface area contributed by atoms with Crippen LogP contribution < -0.4 is 4.90 Å². The number of para-hydroxylation sites is 1. The lowest BCUT2D eigenvalue weighted by molar-refractivity contribution is 0.0697. The number of hydrogen-bond donors (Lipinski definition) is 1. The third kappa shape index (κ3) is 2.81. The minimum absolute atomic E-state index is 0.0594. The minimum atomic E-state index is -1.07. The van der Waals surface area contributed by atoms with Gasteiger partial charge in [-0.15, -0.1) is 0 Å². The summed E-state index contributed by atoms with van der Waals surface area (Å²) in [6.45, 7) is 3.47. The van der Waals surface area contributed by atoms with E-state index in [1.54, 1.807) is 0 Å². The van der Waals surface area contributed by atoms with E-state index >= 15 is 0 Å². The summed E-state index contributed by atoms with van der Waals surface area (Å²) >= 11 is 0. The van der Waals surface area contributed by atoms with Gasteiger partial charge in [0.15, 0.2) is 0 Å². The maximum absolute atomic E-state index is 13.9. The number of benzene rings is 1. The summed E-state index contributed by atoms with van der Waals surface area (Å²) < 4.78 is 13.9. The van der Waals surface area contributed by atoms with Crippen molar-refractivity contribution in [3.8, 4) is 0 Å². The molecule has 1 aliphatic carbocycles. The van der Waals surface area contributed by atoms with Crippen LogP contribution in [0.4, 0.5) is 10.1 Å². The topological polar surface area (TPSA) is 40.5 Å². The molecule has 98 valence electrons. The number of carboxylic acid groups (broad SMARTS) is 1. The predicted octanol–water partition coefficient (Wildman–Crippen LogP) is 3.15. The zero-order valence-corrected chi connectivity index (χ0v) is 10.5. The molecule has 0 unspecified atom stereocenters. The van der Waals surface area contributed by atoms with Crippen molar-refractivity contribution in [2.24, 2.45) is 5.92 Å². The van der Waals surface area contributed by atoms with Crippen LogP contribution in [0.1, 0.15) is 36.5 Å². The highest BCUT2D eigenvalue weighted by Crippen LogP contribution is 2.33. The Morgan fingerprint density at radius 3 is 2.78 bits per heavy atom. The molecule has 0 saturated heterocycles. The van der Waals surface area contributed by atoms with Crippen molar-refractivity contribution in [1.29, 1.82) is 0 Å². The molecule has 0 heterocycles. The average Bonchev–Trinajstić information content (AvgIpc) is 3.12. The maximum atomic E-state index is 13.9. The molecule has 0 bridgehead atoms. The van der Waals surface area contributed by atoms with Crippen LogP contribution >= 0.6 is 0 Å². The molecule has 1 N–H and O–H groups in total. The summed E-state index contributed by atoms with van der Waals surface area (Å²) in [7, 11) is 0. The van der Waals surface area contributed by atoms with Crippen LogP contribution in [0.3, 0.4) is 0 Å². The molecule has 1 aromatic carbocycles. The van der Waals surface area contributed by atoms with E-state index in [0.717, 1.165) is 25.8 Å². The summed E-state index contributed by atoms with van der Waals surface area (Å²) in [6, 6.07) is 4.25. The second kappa shape index (κ2) is 5.38. The Morgan fingerprint density at radius 2 is 2.22 bits per heavy atom. The van der Waals surface area contributed by atoms with E-state index < -0.39 is 11.8 Å². The number of carbonyl (C=O) groups is 1. The van der Waals surface area contributed by atoms with E-state index in [-0.39, 0.29) is 11.3 Å². The Hall–Kier alpha value is -1.58. The van der Waals surface area contributed by atoms with E-state index in [4.69, 9.17) is 5.11 Å². The van der Waals surface area contributed by atoms with Crippen molar-refractivity contribution >= 4 is 11.7 Å². The fourth-order valence-corrected chi connectivity index (χ4v) is 2.19. The van der Waals surface area contributed by atoms with E-state index in [0.29, 0.717) is 12.5 Å².